The minimum atomic E-state index is -4.49. The van der Waals surface area contributed by atoms with E-state index in [0.29, 0.717) is 11.9 Å². The number of hydrogen-bond donors (Lipinski definition) is 1. The van der Waals surface area contributed by atoms with Gasteiger partial charge in [-0.3, -0.25) is 10.1 Å². The summed E-state index contributed by atoms with van der Waals surface area (Å²) in [5.74, 6) is -0.515. The topological polar surface area (TPSA) is 77.2 Å². The van der Waals surface area contributed by atoms with Gasteiger partial charge in [0.1, 0.15) is 0 Å². The lowest BCUT2D eigenvalue weighted by molar-refractivity contribution is -0.138. The quantitative estimate of drug-likeness (QED) is 0.872. The van der Waals surface area contributed by atoms with Gasteiger partial charge in [0.2, 0.25) is 11.8 Å². The Bertz CT molecular complexity index is 775. The first-order valence-electron chi connectivity index (χ1n) is 7.80. The van der Waals surface area contributed by atoms with Crippen LogP contribution in [-0.4, -0.2) is 21.6 Å². The smallest absolute Gasteiger partial charge is 0.417 e. The molecule has 0 aliphatic carbocycles. The molecular formula is C17H20F3N3O3. The first-order chi connectivity index (χ1) is 11.8. The van der Waals surface area contributed by atoms with Crippen molar-refractivity contribution in [3.05, 3.63) is 35.7 Å². The lowest BCUT2D eigenvalue weighted by Crippen LogP contribution is -2.42. The lowest BCUT2D eigenvalue weighted by Gasteiger charge is -2.24. The maximum Gasteiger partial charge on any atom is 0.417 e. The Morgan fingerprint density at radius 3 is 2.27 bits per heavy atom. The van der Waals surface area contributed by atoms with Crippen molar-refractivity contribution in [3.63, 3.8) is 0 Å². The van der Waals surface area contributed by atoms with E-state index in [1.807, 2.05) is 20.8 Å². The van der Waals surface area contributed by atoms with Crippen LogP contribution in [0.1, 0.15) is 45.9 Å². The Kier molecular flexibility index (Phi) is 5.03. The SMILES string of the molecule is CC(C)(Oc1ccc(C(F)(F)F)cn1)C(=O)Nc1cc(C(C)(C)C)no1. The van der Waals surface area contributed by atoms with Gasteiger partial charge in [-0.1, -0.05) is 25.9 Å². The third-order valence-corrected chi connectivity index (χ3v) is 3.49. The van der Waals surface area contributed by atoms with Crippen LogP contribution in [0.5, 0.6) is 5.88 Å². The molecule has 2 rings (SSSR count). The van der Waals surface area contributed by atoms with Crippen LogP contribution >= 0.6 is 0 Å². The Morgan fingerprint density at radius 1 is 1.15 bits per heavy atom. The van der Waals surface area contributed by atoms with Gasteiger partial charge < -0.3 is 9.26 Å². The molecule has 2 heterocycles. The van der Waals surface area contributed by atoms with Crippen molar-refractivity contribution in [1.29, 1.82) is 0 Å². The summed E-state index contributed by atoms with van der Waals surface area (Å²) in [5.41, 5.74) is -1.89. The maximum atomic E-state index is 12.6. The zero-order valence-corrected chi connectivity index (χ0v) is 15.1. The standard InChI is InChI=1S/C17H20F3N3O3/c1-15(2,3)11-8-13(26-23-11)22-14(24)16(4,5)25-12-7-6-10(9-21-12)17(18,19)20/h6-9H,1-5H3,(H,22,24). The third kappa shape index (κ3) is 4.74. The minimum absolute atomic E-state index is 0.105. The molecule has 0 unspecified atom stereocenters. The molecule has 1 amide bonds. The van der Waals surface area contributed by atoms with Gasteiger partial charge in [-0.15, -0.1) is 0 Å². The second-order valence-electron chi connectivity index (χ2n) is 7.28. The van der Waals surface area contributed by atoms with E-state index in [2.05, 4.69) is 15.5 Å². The summed E-state index contributed by atoms with van der Waals surface area (Å²) in [6.07, 6.45) is -3.84. The zero-order chi connectivity index (χ0) is 19.8. The second-order valence-corrected chi connectivity index (χ2v) is 7.28. The molecule has 9 heteroatoms. The molecule has 0 aliphatic heterocycles. The number of nitrogens with one attached hydrogen (secondary N) is 1. The molecule has 2 aromatic rings. The molecule has 0 atom stereocenters. The molecule has 0 aliphatic rings. The largest absolute Gasteiger partial charge is 0.462 e. The number of carbonyl (C=O) groups excluding carboxylic acids is 1. The Morgan fingerprint density at radius 2 is 1.81 bits per heavy atom. The second kappa shape index (κ2) is 6.62. The Hall–Kier alpha value is -2.58. The molecule has 0 fully saturated rings. The van der Waals surface area contributed by atoms with Gasteiger partial charge >= 0.3 is 6.18 Å². The molecule has 0 aromatic carbocycles. The van der Waals surface area contributed by atoms with E-state index >= 15 is 0 Å². The van der Waals surface area contributed by atoms with Crippen molar-refractivity contribution in [2.75, 3.05) is 5.32 Å². The number of amides is 1. The zero-order valence-electron chi connectivity index (χ0n) is 15.1. The molecule has 0 spiro atoms. The van der Waals surface area contributed by atoms with Gasteiger partial charge in [-0.2, -0.15) is 13.2 Å². The van der Waals surface area contributed by atoms with Crippen molar-refractivity contribution in [1.82, 2.24) is 10.1 Å². The van der Waals surface area contributed by atoms with Gasteiger partial charge in [0, 0.05) is 23.7 Å². The molecule has 0 radical (unpaired) electrons. The number of ether oxygens (including phenoxy) is 1. The van der Waals surface area contributed by atoms with Gasteiger partial charge in [-0.25, -0.2) is 4.98 Å². The summed E-state index contributed by atoms with van der Waals surface area (Å²) in [4.78, 5) is 16.0. The molecule has 26 heavy (non-hydrogen) atoms. The Labute approximate surface area is 148 Å². The fourth-order valence-electron chi connectivity index (χ4n) is 1.87. The van der Waals surface area contributed by atoms with Crippen molar-refractivity contribution < 1.29 is 27.2 Å². The number of pyridine rings is 1. The van der Waals surface area contributed by atoms with Gasteiger partial charge in [0.05, 0.1) is 11.3 Å². The van der Waals surface area contributed by atoms with Gasteiger partial charge in [-0.05, 0) is 19.9 Å². The van der Waals surface area contributed by atoms with Crippen molar-refractivity contribution in [3.8, 4) is 5.88 Å². The van der Waals surface area contributed by atoms with E-state index < -0.39 is 23.2 Å². The number of nitrogens with zero attached hydrogens (tertiary/aromatic N) is 2. The fourth-order valence-corrected chi connectivity index (χ4v) is 1.87. The van der Waals surface area contributed by atoms with Crippen LogP contribution < -0.4 is 10.1 Å². The van der Waals surface area contributed by atoms with Crippen LogP contribution in [0.25, 0.3) is 0 Å². The molecule has 0 saturated carbocycles. The molecule has 2 aromatic heterocycles. The van der Waals surface area contributed by atoms with E-state index in [-0.39, 0.29) is 17.2 Å². The monoisotopic (exact) mass is 371 g/mol. The summed E-state index contributed by atoms with van der Waals surface area (Å²) in [7, 11) is 0. The number of aromatic nitrogens is 2. The summed E-state index contributed by atoms with van der Waals surface area (Å²) in [5, 5.41) is 6.42. The number of halogens is 3. The van der Waals surface area contributed by atoms with E-state index in [1.54, 1.807) is 6.07 Å². The predicted molar refractivity (Wildman–Crippen MR) is 87.8 cm³/mol. The van der Waals surface area contributed by atoms with Crippen LogP contribution in [0, 0.1) is 0 Å². The van der Waals surface area contributed by atoms with E-state index in [1.165, 1.54) is 13.8 Å². The summed E-state index contributed by atoms with van der Waals surface area (Å²) >= 11 is 0. The average Bonchev–Trinajstić information content (AvgIpc) is 2.95. The highest BCUT2D eigenvalue weighted by Crippen LogP contribution is 2.30. The third-order valence-electron chi connectivity index (χ3n) is 3.49. The van der Waals surface area contributed by atoms with Crippen molar-refractivity contribution >= 4 is 11.8 Å². The number of hydrogen-bond acceptors (Lipinski definition) is 5. The van der Waals surface area contributed by atoms with E-state index in [4.69, 9.17) is 9.26 Å². The number of anilines is 1. The van der Waals surface area contributed by atoms with Crippen LogP contribution in [0.15, 0.2) is 28.9 Å². The normalized spacial score (nSPS) is 12.8. The van der Waals surface area contributed by atoms with Crippen molar-refractivity contribution in [2.24, 2.45) is 0 Å². The lowest BCUT2D eigenvalue weighted by atomic mass is 9.92. The number of alkyl halides is 3. The van der Waals surface area contributed by atoms with Gasteiger partial charge in [0.25, 0.3) is 5.91 Å². The average molecular weight is 371 g/mol. The summed E-state index contributed by atoms with van der Waals surface area (Å²) in [6, 6.07) is 3.50. The van der Waals surface area contributed by atoms with Crippen molar-refractivity contribution in [2.45, 2.75) is 51.8 Å². The molecule has 0 bridgehead atoms. The summed E-state index contributed by atoms with van der Waals surface area (Å²) in [6.45, 7) is 8.75. The first kappa shape index (κ1) is 19.7. The first-order valence-corrected chi connectivity index (χ1v) is 7.80. The maximum absolute atomic E-state index is 12.6. The van der Waals surface area contributed by atoms with Crippen LogP contribution in [0.3, 0.4) is 0 Å². The molecular weight excluding hydrogens is 351 g/mol. The number of carbonyl (C=O) groups is 1. The highest BCUT2D eigenvalue weighted by Gasteiger charge is 2.33. The van der Waals surface area contributed by atoms with Crippen LogP contribution in [-0.2, 0) is 16.4 Å². The minimum Gasteiger partial charge on any atom is -0.462 e. The van der Waals surface area contributed by atoms with E-state index in [0.717, 1.165) is 12.1 Å². The molecule has 142 valence electrons. The van der Waals surface area contributed by atoms with E-state index in [9.17, 15) is 18.0 Å². The predicted octanol–water partition coefficient (Wildman–Crippen LogP) is 4.18. The fraction of sp³-hybridized carbons (Fsp3) is 0.471. The number of rotatable bonds is 4. The summed E-state index contributed by atoms with van der Waals surface area (Å²) < 4.78 is 48.2. The highest BCUT2D eigenvalue weighted by molar-refractivity contribution is 5.95. The molecule has 0 saturated heterocycles. The molecule has 6 nitrogen and oxygen atoms in total. The Balaban J connectivity index is 2.07. The van der Waals surface area contributed by atoms with Crippen LogP contribution in [0.2, 0.25) is 0 Å². The molecule has 1 N–H and O–H groups in total. The highest BCUT2D eigenvalue weighted by atomic mass is 19.4. The van der Waals surface area contributed by atoms with Gasteiger partial charge in [0.15, 0.2) is 5.60 Å². The van der Waals surface area contributed by atoms with Crippen LogP contribution in [0.4, 0.5) is 19.1 Å².